The maximum Gasteiger partial charge on any atom is 0.345 e. The molecule has 1 aromatic heterocycles. The molecule has 0 aliphatic rings. The zero-order valence-corrected chi connectivity index (χ0v) is 10.8. The van der Waals surface area contributed by atoms with Crippen molar-refractivity contribution in [1.29, 1.82) is 0 Å². The highest BCUT2D eigenvalue weighted by Gasteiger charge is 2.12. The molecule has 1 N–H and O–H groups in total. The average molecular weight is 262 g/mol. The lowest BCUT2D eigenvalue weighted by molar-refractivity contribution is 0.0702. The maximum atomic E-state index is 11.6. The van der Waals surface area contributed by atoms with E-state index in [1.165, 1.54) is 11.3 Å². The van der Waals surface area contributed by atoms with E-state index in [1.807, 2.05) is 6.92 Å². The molecule has 1 unspecified atom stereocenters. The molecule has 0 spiro atoms. The van der Waals surface area contributed by atoms with Gasteiger partial charge in [-0.1, -0.05) is 0 Å². The van der Waals surface area contributed by atoms with Crippen LogP contribution in [0.25, 0.3) is 0 Å². The van der Waals surface area contributed by atoms with E-state index in [-0.39, 0.29) is 0 Å². The summed E-state index contributed by atoms with van der Waals surface area (Å²) >= 11 is 1.22. The van der Waals surface area contributed by atoms with Gasteiger partial charge in [0.15, 0.2) is 0 Å². The first-order valence-corrected chi connectivity index (χ1v) is 7.01. The highest BCUT2D eigenvalue weighted by molar-refractivity contribution is 7.84. The van der Waals surface area contributed by atoms with E-state index < -0.39 is 16.8 Å². The Morgan fingerprint density at radius 3 is 2.81 bits per heavy atom. The third kappa shape index (κ3) is 3.70. The van der Waals surface area contributed by atoms with Crippen molar-refractivity contribution in [3.8, 4) is 0 Å². The van der Waals surface area contributed by atoms with Crippen LogP contribution in [-0.2, 0) is 21.3 Å². The van der Waals surface area contributed by atoms with Crippen molar-refractivity contribution >= 4 is 28.1 Å². The number of aromatic carboxylic acids is 1. The first-order valence-electron chi connectivity index (χ1n) is 4.71. The van der Waals surface area contributed by atoms with Gasteiger partial charge >= 0.3 is 5.97 Å². The first-order chi connectivity index (χ1) is 7.54. The van der Waals surface area contributed by atoms with Crippen LogP contribution in [0.5, 0.6) is 0 Å². The third-order valence-electron chi connectivity index (χ3n) is 2.06. The predicted molar refractivity (Wildman–Crippen MR) is 64.6 cm³/mol. The maximum absolute atomic E-state index is 11.6. The summed E-state index contributed by atoms with van der Waals surface area (Å²) in [5, 5.41) is 8.81. The average Bonchev–Trinajstić information content (AvgIpc) is 2.57. The summed E-state index contributed by atoms with van der Waals surface area (Å²) in [5.74, 6) is -0.0466. The van der Waals surface area contributed by atoms with Crippen LogP contribution in [-0.4, -0.2) is 34.8 Å². The summed E-state index contributed by atoms with van der Waals surface area (Å²) in [6.07, 6.45) is 0. The van der Waals surface area contributed by atoms with Crippen LogP contribution in [0.15, 0.2) is 6.07 Å². The fourth-order valence-electron chi connectivity index (χ4n) is 1.19. The second kappa shape index (κ2) is 6.12. The van der Waals surface area contributed by atoms with Crippen LogP contribution in [0.1, 0.15) is 20.1 Å². The minimum atomic E-state index is -0.992. The first kappa shape index (κ1) is 13.3. The van der Waals surface area contributed by atoms with Gasteiger partial charge in [-0.05, 0) is 18.6 Å². The van der Waals surface area contributed by atoms with Gasteiger partial charge in [0.25, 0.3) is 0 Å². The zero-order valence-electron chi connectivity index (χ0n) is 9.19. The summed E-state index contributed by atoms with van der Waals surface area (Å²) in [5.41, 5.74) is 0.858. The molecule has 0 amide bonds. The molecular weight excluding hydrogens is 248 g/mol. The molecule has 1 aromatic rings. The molecule has 90 valence electrons. The number of thiophene rings is 1. The van der Waals surface area contributed by atoms with Crippen molar-refractivity contribution in [3.05, 3.63) is 21.4 Å². The number of methoxy groups -OCH3 is 1. The Bertz CT molecular complexity index is 398. The highest BCUT2D eigenvalue weighted by Crippen LogP contribution is 2.22. The van der Waals surface area contributed by atoms with E-state index in [9.17, 15) is 9.00 Å². The number of aryl methyl sites for hydroxylation is 1. The lowest BCUT2D eigenvalue weighted by atomic mass is 10.3. The molecule has 0 aliphatic heterocycles. The minimum absolute atomic E-state index is 0.302. The lowest BCUT2D eigenvalue weighted by Gasteiger charge is -2.00. The summed E-state index contributed by atoms with van der Waals surface area (Å²) in [6.45, 7) is 2.31. The number of carboxylic acids is 1. The van der Waals surface area contributed by atoms with Crippen LogP contribution in [0.3, 0.4) is 0 Å². The summed E-state index contributed by atoms with van der Waals surface area (Å²) in [4.78, 5) is 12.0. The number of rotatable bonds is 6. The second-order valence-electron chi connectivity index (χ2n) is 3.28. The molecule has 1 rings (SSSR count). The molecule has 0 saturated carbocycles. The minimum Gasteiger partial charge on any atom is -0.477 e. The fraction of sp³-hybridized carbons (Fsp3) is 0.500. The van der Waals surface area contributed by atoms with Crippen LogP contribution < -0.4 is 0 Å². The smallest absolute Gasteiger partial charge is 0.345 e. The molecule has 0 bridgehead atoms. The van der Waals surface area contributed by atoms with Gasteiger partial charge in [-0.15, -0.1) is 11.3 Å². The molecule has 0 aliphatic carbocycles. The molecule has 1 atom stereocenters. The van der Waals surface area contributed by atoms with E-state index in [2.05, 4.69) is 0 Å². The highest BCUT2D eigenvalue weighted by atomic mass is 32.2. The largest absolute Gasteiger partial charge is 0.477 e. The molecule has 0 radical (unpaired) electrons. The molecule has 0 saturated heterocycles. The standard InChI is InChI=1S/C10H14O4S2/c1-7-8(5-9(15-7)10(11)12)6-16(13)4-3-14-2/h5H,3-4,6H2,1-2H3,(H,11,12). The van der Waals surface area contributed by atoms with Crippen LogP contribution >= 0.6 is 11.3 Å². The van der Waals surface area contributed by atoms with Crippen molar-refractivity contribution < 1.29 is 18.8 Å². The number of carbonyl (C=O) groups is 1. The summed E-state index contributed by atoms with van der Waals surface area (Å²) in [6, 6.07) is 1.60. The van der Waals surface area contributed by atoms with Gasteiger partial charge in [-0.3, -0.25) is 4.21 Å². The van der Waals surface area contributed by atoms with E-state index in [4.69, 9.17) is 9.84 Å². The Balaban J connectivity index is 2.66. The Kier molecular flexibility index (Phi) is 5.11. The number of ether oxygens (including phenoxy) is 1. The second-order valence-corrected chi connectivity index (χ2v) is 6.11. The Morgan fingerprint density at radius 2 is 2.31 bits per heavy atom. The van der Waals surface area contributed by atoms with Gasteiger partial charge in [0, 0.05) is 34.3 Å². The van der Waals surface area contributed by atoms with E-state index in [0.29, 0.717) is 23.0 Å². The van der Waals surface area contributed by atoms with Gasteiger partial charge < -0.3 is 9.84 Å². The predicted octanol–water partition coefficient (Wildman–Crippen LogP) is 1.65. The van der Waals surface area contributed by atoms with Gasteiger partial charge in [0.05, 0.1) is 6.61 Å². The summed E-state index contributed by atoms with van der Waals surface area (Å²) in [7, 11) is 0.573. The normalized spacial score (nSPS) is 12.6. The molecule has 0 aromatic carbocycles. The Hall–Kier alpha value is -0.720. The van der Waals surface area contributed by atoms with Gasteiger partial charge in [-0.25, -0.2) is 4.79 Å². The van der Waals surface area contributed by atoms with Gasteiger partial charge in [0.2, 0.25) is 0 Å². The van der Waals surface area contributed by atoms with E-state index >= 15 is 0 Å². The van der Waals surface area contributed by atoms with Crippen molar-refractivity contribution in [2.24, 2.45) is 0 Å². The van der Waals surface area contributed by atoms with Gasteiger partial charge in [-0.2, -0.15) is 0 Å². The quantitative estimate of drug-likeness (QED) is 0.846. The topological polar surface area (TPSA) is 63.6 Å². The third-order valence-corrected chi connectivity index (χ3v) is 4.40. The van der Waals surface area contributed by atoms with Crippen molar-refractivity contribution in [2.45, 2.75) is 12.7 Å². The number of hydrogen-bond donors (Lipinski definition) is 1. The van der Waals surface area contributed by atoms with Crippen LogP contribution in [0, 0.1) is 6.92 Å². The SMILES string of the molecule is COCCS(=O)Cc1cc(C(=O)O)sc1C. The monoisotopic (exact) mass is 262 g/mol. The van der Waals surface area contributed by atoms with E-state index in [1.54, 1.807) is 13.2 Å². The van der Waals surface area contributed by atoms with Crippen LogP contribution in [0.2, 0.25) is 0 Å². The number of hydrogen-bond acceptors (Lipinski definition) is 4. The van der Waals surface area contributed by atoms with Crippen molar-refractivity contribution in [2.75, 3.05) is 19.5 Å². The zero-order chi connectivity index (χ0) is 12.1. The Labute approximate surface area is 101 Å². The van der Waals surface area contributed by atoms with Gasteiger partial charge in [0.1, 0.15) is 4.88 Å². The fourth-order valence-corrected chi connectivity index (χ4v) is 3.31. The van der Waals surface area contributed by atoms with E-state index in [0.717, 1.165) is 10.4 Å². The molecule has 16 heavy (non-hydrogen) atoms. The van der Waals surface area contributed by atoms with Crippen molar-refractivity contribution in [3.63, 3.8) is 0 Å². The molecule has 1 heterocycles. The van der Waals surface area contributed by atoms with Crippen LogP contribution in [0.4, 0.5) is 0 Å². The molecule has 0 fully saturated rings. The number of carboxylic acid groups (broad SMARTS) is 1. The molecule has 4 nitrogen and oxygen atoms in total. The lowest BCUT2D eigenvalue weighted by Crippen LogP contribution is -2.06. The molecule has 6 heteroatoms. The Morgan fingerprint density at radius 1 is 1.62 bits per heavy atom. The molecular formula is C10H14O4S2. The van der Waals surface area contributed by atoms with Crippen molar-refractivity contribution in [1.82, 2.24) is 0 Å². The summed E-state index contributed by atoms with van der Waals surface area (Å²) < 4.78 is 16.4.